The van der Waals surface area contributed by atoms with Crippen LogP contribution in [0.15, 0.2) is 30.5 Å². The molecule has 4 heterocycles. The van der Waals surface area contributed by atoms with Crippen molar-refractivity contribution in [3.63, 3.8) is 0 Å². The predicted octanol–water partition coefficient (Wildman–Crippen LogP) is 2.94. The van der Waals surface area contributed by atoms with Crippen molar-refractivity contribution in [1.82, 2.24) is 19.6 Å². The van der Waals surface area contributed by atoms with Crippen LogP contribution in [-0.2, 0) is 11.3 Å². The molecule has 1 amide bonds. The second-order valence-electron chi connectivity index (χ2n) is 9.72. The van der Waals surface area contributed by atoms with Crippen molar-refractivity contribution in [3.05, 3.63) is 47.3 Å². The van der Waals surface area contributed by atoms with Gasteiger partial charge in [-0.05, 0) is 49.9 Å². The van der Waals surface area contributed by atoms with E-state index in [1.165, 1.54) is 41.3 Å². The molecule has 2 aromatic rings. The number of aromatic nitrogens is 2. The molecule has 2 bridgehead atoms. The van der Waals surface area contributed by atoms with Crippen molar-refractivity contribution in [2.75, 3.05) is 37.7 Å². The van der Waals surface area contributed by atoms with Gasteiger partial charge in [0.05, 0.1) is 25.3 Å². The Bertz CT molecular complexity index is 1030. The zero-order valence-corrected chi connectivity index (χ0v) is 19.7. The molecule has 3 saturated heterocycles. The van der Waals surface area contributed by atoms with Crippen molar-refractivity contribution < 1.29 is 14.3 Å². The fraction of sp³-hybridized carbons (Fsp3) is 0.560. The van der Waals surface area contributed by atoms with Crippen LogP contribution in [0.2, 0.25) is 0 Å². The van der Waals surface area contributed by atoms with Crippen molar-refractivity contribution in [2.24, 2.45) is 0 Å². The maximum absolute atomic E-state index is 13.0. The van der Waals surface area contributed by atoms with E-state index in [1.54, 1.807) is 12.3 Å². The minimum Gasteiger partial charge on any atom is -0.377 e. The summed E-state index contributed by atoms with van der Waals surface area (Å²) in [4.78, 5) is 31.4. The molecule has 0 radical (unpaired) electrons. The number of aryl methyl sites for hydroxylation is 1. The van der Waals surface area contributed by atoms with Crippen molar-refractivity contribution in [2.45, 2.75) is 58.3 Å². The molecule has 0 saturated carbocycles. The van der Waals surface area contributed by atoms with Gasteiger partial charge in [0.2, 0.25) is 0 Å². The fourth-order valence-corrected chi connectivity index (χ4v) is 5.52. The van der Waals surface area contributed by atoms with Crippen LogP contribution < -0.4 is 4.90 Å². The number of nitrogens with zero attached hydrogens (tertiary/aromatic N) is 5. The SMILES string of the molecule is CC(=O)c1ccn(C(=O)N2CCN(Cc3ccc(C)cc3N3C4CCC3COC4)C[C@H]2C)n1. The normalized spacial score (nSPS) is 25.5. The first kappa shape index (κ1) is 22.1. The van der Waals surface area contributed by atoms with E-state index in [0.717, 1.165) is 32.8 Å². The molecule has 0 aliphatic carbocycles. The number of benzene rings is 1. The van der Waals surface area contributed by atoms with Crippen LogP contribution in [0.5, 0.6) is 0 Å². The lowest BCUT2D eigenvalue weighted by Crippen LogP contribution is -2.54. The molecule has 1 aromatic heterocycles. The molecule has 0 spiro atoms. The Balaban J connectivity index is 1.28. The largest absolute Gasteiger partial charge is 0.377 e. The molecular formula is C25H33N5O3. The quantitative estimate of drug-likeness (QED) is 0.666. The van der Waals surface area contributed by atoms with E-state index in [2.05, 4.69) is 46.9 Å². The molecule has 33 heavy (non-hydrogen) atoms. The van der Waals surface area contributed by atoms with Crippen LogP contribution in [0, 0.1) is 6.92 Å². The van der Waals surface area contributed by atoms with E-state index >= 15 is 0 Å². The minimum absolute atomic E-state index is 0.0599. The number of carbonyl (C=O) groups is 2. The highest BCUT2D eigenvalue weighted by atomic mass is 16.5. The molecule has 3 aliphatic heterocycles. The van der Waals surface area contributed by atoms with E-state index in [9.17, 15) is 9.59 Å². The van der Waals surface area contributed by atoms with Crippen molar-refractivity contribution >= 4 is 17.5 Å². The van der Waals surface area contributed by atoms with Gasteiger partial charge in [-0.25, -0.2) is 4.79 Å². The van der Waals surface area contributed by atoms with E-state index in [0.29, 0.717) is 24.3 Å². The third-order valence-corrected chi connectivity index (χ3v) is 7.26. The number of ketones is 1. The first-order valence-electron chi connectivity index (χ1n) is 12.0. The average molecular weight is 452 g/mol. The molecule has 1 aromatic carbocycles. The van der Waals surface area contributed by atoms with E-state index in [1.807, 2.05) is 4.90 Å². The molecule has 0 N–H and O–H groups in total. The zero-order valence-electron chi connectivity index (χ0n) is 19.7. The molecule has 176 valence electrons. The molecule has 2 unspecified atom stereocenters. The Hall–Kier alpha value is -2.71. The fourth-order valence-electron chi connectivity index (χ4n) is 5.52. The third kappa shape index (κ3) is 4.29. The number of hydrogen-bond acceptors (Lipinski definition) is 6. The summed E-state index contributed by atoms with van der Waals surface area (Å²) >= 11 is 0. The lowest BCUT2D eigenvalue weighted by atomic mass is 10.0. The van der Waals surface area contributed by atoms with Gasteiger partial charge in [-0.3, -0.25) is 9.69 Å². The van der Waals surface area contributed by atoms with Gasteiger partial charge in [-0.15, -0.1) is 0 Å². The van der Waals surface area contributed by atoms with Crippen LogP contribution >= 0.6 is 0 Å². The summed E-state index contributed by atoms with van der Waals surface area (Å²) in [5.74, 6) is -0.137. The zero-order chi connectivity index (χ0) is 23.1. The molecular weight excluding hydrogens is 418 g/mol. The van der Waals surface area contributed by atoms with E-state index in [-0.39, 0.29) is 17.9 Å². The monoisotopic (exact) mass is 451 g/mol. The van der Waals surface area contributed by atoms with Gasteiger partial charge in [0.25, 0.3) is 0 Å². The van der Waals surface area contributed by atoms with Gasteiger partial charge < -0.3 is 14.5 Å². The van der Waals surface area contributed by atoms with E-state index < -0.39 is 0 Å². The Morgan fingerprint density at radius 1 is 1.12 bits per heavy atom. The summed E-state index contributed by atoms with van der Waals surface area (Å²) in [5, 5.41) is 4.14. The summed E-state index contributed by atoms with van der Waals surface area (Å²) in [7, 11) is 0. The van der Waals surface area contributed by atoms with Gasteiger partial charge in [-0.1, -0.05) is 12.1 Å². The molecule has 8 heteroatoms. The summed E-state index contributed by atoms with van der Waals surface area (Å²) < 4.78 is 7.10. The number of anilines is 1. The standard InChI is InChI=1S/C25H33N5O3/c1-17-4-5-20(24(12-17)30-21-6-7-22(30)16-33-15-21)14-27-10-11-28(18(2)13-27)25(32)29-9-8-23(26-29)19(3)31/h4-5,8-9,12,18,21-22H,6-7,10-11,13-16H2,1-3H3/t18-,21?,22?/m1/s1. The molecule has 3 atom stereocenters. The number of fused-ring (bicyclic) bond motifs is 2. The lowest BCUT2D eigenvalue weighted by Gasteiger charge is -2.41. The van der Waals surface area contributed by atoms with Crippen LogP contribution in [-0.4, -0.2) is 82.4 Å². The Morgan fingerprint density at radius 2 is 1.88 bits per heavy atom. The highest BCUT2D eigenvalue weighted by Crippen LogP contribution is 2.37. The second kappa shape index (κ2) is 8.91. The molecule has 3 fully saturated rings. The third-order valence-electron chi connectivity index (χ3n) is 7.26. The van der Waals surface area contributed by atoms with Crippen LogP contribution in [0.4, 0.5) is 10.5 Å². The van der Waals surface area contributed by atoms with Gasteiger partial charge >= 0.3 is 6.03 Å². The van der Waals surface area contributed by atoms with Crippen LogP contribution in [0.25, 0.3) is 0 Å². The number of hydrogen-bond donors (Lipinski definition) is 0. The first-order valence-corrected chi connectivity index (χ1v) is 12.0. The summed E-state index contributed by atoms with van der Waals surface area (Å²) in [5.41, 5.74) is 4.31. The van der Waals surface area contributed by atoms with Gasteiger partial charge in [-0.2, -0.15) is 9.78 Å². The number of ether oxygens (including phenoxy) is 1. The Morgan fingerprint density at radius 3 is 2.55 bits per heavy atom. The molecule has 8 nitrogen and oxygen atoms in total. The van der Waals surface area contributed by atoms with Crippen LogP contribution in [0.1, 0.15) is 48.3 Å². The Kier molecular flexibility index (Phi) is 5.97. The number of carbonyl (C=O) groups excluding carboxylic acids is 2. The summed E-state index contributed by atoms with van der Waals surface area (Å²) in [6, 6.07) is 9.25. The average Bonchev–Trinajstić information content (AvgIpc) is 3.37. The number of Topliss-reactive ketones (excluding diaryl/α,β-unsaturated/α-hetero) is 1. The summed E-state index contributed by atoms with van der Waals surface area (Å²) in [6.45, 7) is 10.5. The smallest absolute Gasteiger partial charge is 0.344 e. The number of piperazine rings is 1. The minimum atomic E-state index is -0.171. The maximum Gasteiger partial charge on any atom is 0.344 e. The van der Waals surface area contributed by atoms with E-state index in [4.69, 9.17) is 4.74 Å². The topological polar surface area (TPSA) is 70.9 Å². The molecule has 3 aliphatic rings. The van der Waals surface area contributed by atoms with Gasteiger partial charge in [0, 0.05) is 51.0 Å². The predicted molar refractivity (Wildman–Crippen MR) is 126 cm³/mol. The number of morpholine rings is 1. The lowest BCUT2D eigenvalue weighted by molar-refractivity contribution is 0.0894. The van der Waals surface area contributed by atoms with Crippen molar-refractivity contribution in [3.8, 4) is 0 Å². The Labute approximate surface area is 195 Å². The van der Waals surface area contributed by atoms with Crippen LogP contribution in [0.3, 0.4) is 0 Å². The number of rotatable bonds is 4. The first-order chi connectivity index (χ1) is 15.9. The second-order valence-corrected chi connectivity index (χ2v) is 9.72. The highest BCUT2D eigenvalue weighted by Gasteiger charge is 2.38. The number of amides is 1. The summed E-state index contributed by atoms with van der Waals surface area (Å²) in [6.07, 6.45) is 3.98. The molecule has 5 rings (SSSR count). The van der Waals surface area contributed by atoms with Crippen molar-refractivity contribution in [1.29, 1.82) is 0 Å². The maximum atomic E-state index is 13.0. The van der Waals surface area contributed by atoms with Gasteiger partial charge in [0.1, 0.15) is 5.69 Å². The van der Waals surface area contributed by atoms with Gasteiger partial charge in [0.15, 0.2) is 5.78 Å². The highest BCUT2D eigenvalue weighted by molar-refractivity contribution is 5.92.